The lowest BCUT2D eigenvalue weighted by molar-refractivity contribution is -0.137. The highest BCUT2D eigenvalue weighted by Crippen LogP contribution is 2.29. The van der Waals surface area contributed by atoms with Crippen molar-refractivity contribution in [3.05, 3.63) is 64.6 Å². The summed E-state index contributed by atoms with van der Waals surface area (Å²) in [5, 5.41) is 2.49. The molecule has 0 fully saturated rings. The predicted molar refractivity (Wildman–Crippen MR) is 84.7 cm³/mol. The number of carbonyl (C=O) groups excluding carboxylic acids is 1. The zero-order valence-corrected chi connectivity index (χ0v) is 12.9. The van der Waals surface area contributed by atoms with Crippen molar-refractivity contribution in [3.8, 4) is 11.3 Å². The van der Waals surface area contributed by atoms with E-state index in [1.807, 2.05) is 30.3 Å². The molecule has 0 radical (unpaired) electrons. The van der Waals surface area contributed by atoms with E-state index in [9.17, 15) is 18.0 Å². The van der Waals surface area contributed by atoms with Gasteiger partial charge in [-0.3, -0.25) is 4.79 Å². The van der Waals surface area contributed by atoms with Gasteiger partial charge in [-0.25, -0.2) is 9.97 Å². The van der Waals surface area contributed by atoms with E-state index in [1.165, 1.54) is 5.51 Å². The van der Waals surface area contributed by atoms with Gasteiger partial charge < -0.3 is 5.32 Å². The van der Waals surface area contributed by atoms with Gasteiger partial charge in [0.2, 0.25) is 0 Å². The van der Waals surface area contributed by atoms with Gasteiger partial charge in [0.25, 0.3) is 5.91 Å². The number of thiazole rings is 1. The Bertz CT molecular complexity index is 845. The number of rotatable bonds is 3. The van der Waals surface area contributed by atoms with Gasteiger partial charge in [0.15, 0.2) is 0 Å². The smallest absolute Gasteiger partial charge is 0.306 e. The van der Waals surface area contributed by atoms with Gasteiger partial charge in [0.1, 0.15) is 10.7 Å². The molecule has 3 rings (SSSR count). The number of amides is 1. The Labute approximate surface area is 139 Å². The number of hydrogen-bond donors (Lipinski definition) is 1. The minimum absolute atomic E-state index is 0.0420. The van der Waals surface area contributed by atoms with Crippen molar-refractivity contribution in [2.24, 2.45) is 0 Å². The fraction of sp³-hybridized carbons (Fsp3) is 0.0625. The van der Waals surface area contributed by atoms with Crippen LogP contribution in [0.1, 0.15) is 15.2 Å². The standard InChI is InChI=1S/C16H10F3N3OS/c17-16(18,19)11-6-7-12(20-8-11)22-15(23)14-13(21-9-24-14)10-4-2-1-3-5-10/h1-9H,(H,20,22,23). The molecular formula is C16H10F3N3OS. The van der Waals surface area contributed by atoms with E-state index in [0.29, 0.717) is 16.8 Å². The SMILES string of the molecule is O=C(Nc1ccc(C(F)(F)F)cn1)c1scnc1-c1ccccc1. The van der Waals surface area contributed by atoms with Crippen LogP contribution in [-0.4, -0.2) is 15.9 Å². The first-order valence-electron chi connectivity index (χ1n) is 6.78. The molecule has 24 heavy (non-hydrogen) atoms. The lowest BCUT2D eigenvalue weighted by Gasteiger charge is -2.08. The molecule has 122 valence electrons. The van der Waals surface area contributed by atoms with E-state index in [-0.39, 0.29) is 5.82 Å². The molecule has 0 aliphatic heterocycles. The van der Waals surface area contributed by atoms with Crippen molar-refractivity contribution in [2.75, 3.05) is 5.32 Å². The van der Waals surface area contributed by atoms with Crippen LogP contribution in [0.3, 0.4) is 0 Å². The largest absolute Gasteiger partial charge is 0.417 e. The third-order valence-electron chi connectivity index (χ3n) is 3.15. The first kappa shape index (κ1) is 16.1. The number of benzene rings is 1. The van der Waals surface area contributed by atoms with Crippen LogP contribution < -0.4 is 5.32 Å². The van der Waals surface area contributed by atoms with Crippen molar-refractivity contribution in [2.45, 2.75) is 6.18 Å². The fourth-order valence-electron chi connectivity index (χ4n) is 2.02. The molecular weight excluding hydrogens is 339 g/mol. The van der Waals surface area contributed by atoms with Crippen LogP contribution >= 0.6 is 11.3 Å². The number of aromatic nitrogens is 2. The molecule has 0 bridgehead atoms. The summed E-state index contributed by atoms with van der Waals surface area (Å²) in [5.41, 5.74) is 1.97. The summed E-state index contributed by atoms with van der Waals surface area (Å²) in [7, 11) is 0. The maximum Gasteiger partial charge on any atom is 0.417 e. The number of anilines is 1. The Morgan fingerprint density at radius 3 is 2.42 bits per heavy atom. The second kappa shape index (κ2) is 6.40. The average Bonchev–Trinajstić information content (AvgIpc) is 3.05. The molecule has 0 spiro atoms. The van der Waals surface area contributed by atoms with Crippen molar-refractivity contribution < 1.29 is 18.0 Å². The van der Waals surface area contributed by atoms with Crippen LogP contribution in [-0.2, 0) is 6.18 Å². The molecule has 0 atom stereocenters. The number of hydrogen-bond acceptors (Lipinski definition) is 4. The van der Waals surface area contributed by atoms with Crippen molar-refractivity contribution in [1.29, 1.82) is 0 Å². The Morgan fingerprint density at radius 2 is 1.79 bits per heavy atom. The van der Waals surface area contributed by atoms with Gasteiger partial charge >= 0.3 is 6.18 Å². The van der Waals surface area contributed by atoms with Crippen molar-refractivity contribution in [1.82, 2.24) is 9.97 Å². The fourth-order valence-corrected chi connectivity index (χ4v) is 2.72. The number of nitrogens with one attached hydrogen (secondary N) is 1. The second-order valence-corrected chi connectivity index (χ2v) is 5.63. The Balaban J connectivity index is 1.80. The summed E-state index contributed by atoms with van der Waals surface area (Å²) in [6, 6.07) is 11.1. The van der Waals surface area contributed by atoms with Crippen LogP contribution in [0, 0.1) is 0 Å². The van der Waals surface area contributed by atoms with E-state index in [2.05, 4.69) is 15.3 Å². The van der Waals surface area contributed by atoms with Gasteiger partial charge in [0.05, 0.1) is 16.8 Å². The minimum atomic E-state index is -4.46. The topological polar surface area (TPSA) is 54.9 Å². The quantitative estimate of drug-likeness (QED) is 0.759. The third kappa shape index (κ3) is 3.43. The second-order valence-electron chi connectivity index (χ2n) is 4.78. The maximum absolute atomic E-state index is 12.5. The Morgan fingerprint density at radius 1 is 1.04 bits per heavy atom. The third-order valence-corrected chi connectivity index (χ3v) is 3.98. The normalized spacial score (nSPS) is 11.3. The van der Waals surface area contributed by atoms with Crippen LogP contribution in [0.15, 0.2) is 54.2 Å². The van der Waals surface area contributed by atoms with Crippen LogP contribution in [0.4, 0.5) is 19.0 Å². The first-order valence-corrected chi connectivity index (χ1v) is 7.66. The number of halogens is 3. The summed E-state index contributed by atoms with van der Waals surface area (Å²) in [4.78, 5) is 20.5. The zero-order valence-electron chi connectivity index (χ0n) is 12.0. The van der Waals surface area contributed by atoms with E-state index < -0.39 is 17.6 Å². The van der Waals surface area contributed by atoms with Crippen LogP contribution in [0.2, 0.25) is 0 Å². The predicted octanol–water partition coefficient (Wildman–Crippen LogP) is 4.48. The van der Waals surface area contributed by atoms with Gasteiger partial charge in [-0.1, -0.05) is 30.3 Å². The van der Waals surface area contributed by atoms with E-state index in [4.69, 9.17) is 0 Å². The Hall–Kier alpha value is -2.74. The molecule has 0 saturated heterocycles. The lowest BCUT2D eigenvalue weighted by Crippen LogP contribution is -2.13. The monoisotopic (exact) mass is 349 g/mol. The zero-order chi connectivity index (χ0) is 17.2. The number of alkyl halides is 3. The Kier molecular flexibility index (Phi) is 4.30. The molecule has 0 saturated carbocycles. The molecule has 2 aromatic heterocycles. The molecule has 8 heteroatoms. The van der Waals surface area contributed by atoms with E-state index in [1.54, 1.807) is 0 Å². The first-order chi connectivity index (χ1) is 11.4. The van der Waals surface area contributed by atoms with Gasteiger partial charge in [-0.2, -0.15) is 13.2 Å². The molecule has 0 aliphatic rings. The van der Waals surface area contributed by atoms with Crippen molar-refractivity contribution >= 4 is 23.1 Å². The molecule has 1 amide bonds. The molecule has 4 nitrogen and oxygen atoms in total. The molecule has 1 aromatic carbocycles. The maximum atomic E-state index is 12.5. The molecule has 2 heterocycles. The lowest BCUT2D eigenvalue weighted by atomic mass is 10.1. The summed E-state index contributed by atoms with van der Waals surface area (Å²) < 4.78 is 37.5. The van der Waals surface area contributed by atoms with Crippen LogP contribution in [0.25, 0.3) is 11.3 Å². The number of nitrogens with zero attached hydrogens (tertiary/aromatic N) is 2. The highest BCUT2D eigenvalue weighted by molar-refractivity contribution is 7.12. The highest BCUT2D eigenvalue weighted by atomic mass is 32.1. The average molecular weight is 349 g/mol. The summed E-state index contributed by atoms with van der Waals surface area (Å²) in [5.74, 6) is -0.427. The summed E-state index contributed by atoms with van der Waals surface area (Å²) >= 11 is 1.15. The van der Waals surface area contributed by atoms with Gasteiger partial charge in [-0.05, 0) is 12.1 Å². The summed E-state index contributed by atoms with van der Waals surface area (Å²) in [6.07, 6.45) is -3.78. The highest BCUT2D eigenvalue weighted by Gasteiger charge is 2.30. The number of pyridine rings is 1. The molecule has 0 aliphatic carbocycles. The minimum Gasteiger partial charge on any atom is -0.306 e. The van der Waals surface area contributed by atoms with Crippen molar-refractivity contribution in [3.63, 3.8) is 0 Å². The van der Waals surface area contributed by atoms with Gasteiger partial charge in [-0.15, -0.1) is 11.3 Å². The summed E-state index contributed by atoms with van der Waals surface area (Å²) in [6.45, 7) is 0. The van der Waals surface area contributed by atoms with Crippen LogP contribution in [0.5, 0.6) is 0 Å². The molecule has 0 unspecified atom stereocenters. The molecule has 3 aromatic rings. The van der Waals surface area contributed by atoms with E-state index in [0.717, 1.165) is 29.0 Å². The number of carbonyl (C=O) groups is 1. The van der Waals surface area contributed by atoms with Gasteiger partial charge in [0, 0.05) is 11.8 Å². The van der Waals surface area contributed by atoms with E-state index >= 15 is 0 Å². The molecule has 1 N–H and O–H groups in total.